The van der Waals surface area contributed by atoms with Crippen LogP contribution in [0.25, 0.3) is 21.5 Å². The molecule has 0 spiro atoms. The molecule has 16 nitrogen and oxygen atoms in total. The highest BCUT2D eigenvalue weighted by molar-refractivity contribution is 7.86. The molecular formula is C38H30N4O12S2. The van der Waals surface area contributed by atoms with Gasteiger partial charge in [-0.25, -0.2) is 0 Å². The maximum absolute atomic E-state index is 13.0. The molecule has 56 heavy (non-hydrogen) atoms. The lowest BCUT2D eigenvalue weighted by Crippen LogP contribution is -2.29. The Hall–Kier alpha value is -6.86. The van der Waals surface area contributed by atoms with Gasteiger partial charge in [-0.3, -0.25) is 28.3 Å². The molecule has 0 aliphatic rings. The number of hydrogen-bond acceptors (Lipinski definition) is 10. The molecule has 0 heterocycles. The molecular weight excluding hydrogens is 769 g/mol. The number of hydrogen-bond donors (Lipinski definition) is 8. The Kier molecular flexibility index (Phi) is 10.2. The molecule has 6 rings (SSSR count). The van der Waals surface area contributed by atoms with E-state index in [1.54, 1.807) is 13.8 Å². The molecule has 0 saturated heterocycles. The molecule has 0 bridgehead atoms. The minimum absolute atomic E-state index is 0.0333. The van der Waals surface area contributed by atoms with Crippen molar-refractivity contribution in [2.24, 2.45) is 0 Å². The number of amides is 4. The van der Waals surface area contributed by atoms with E-state index < -0.39 is 65.2 Å². The largest absolute Gasteiger partial charge is 0.505 e. The van der Waals surface area contributed by atoms with Crippen LogP contribution in [0, 0.1) is 13.8 Å². The van der Waals surface area contributed by atoms with Crippen LogP contribution >= 0.6 is 0 Å². The summed E-state index contributed by atoms with van der Waals surface area (Å²) in [5, 5.41) is 32.5. The predicted molar refractivity (Wildman–Crippen MR) is 206 cm³/mol. The van der Waals surface area contributed by atoms with Crippen LogP contribution in [0.15, 0.2) is 107 Å². The van der Waals surface area contributed by atoms with Gasteiger partial charge in [0.15, 0.2) is 0 Å². The van der Waals surface area contributed by atoms with E-state index in [1.807, 2.05) is 0 Å². The molecule has 0 saturated carbocycles. The number of fused-ring (bicyclic) bond motifs is 2. The van der Waals surface area contributed by atoms with Crippen molar-refractivity contribution in [3.05, 3.63) is 119 Å². The zero-order valence-corrected chi connectivity index (χ0v) is 30.7. The molecule has 0 radical (unpaired) electrons. The van der Waals surface area contributed by atoms with Gasteiger partial charge < -0.3 is 31.5 Å². The van der Waals surface area contributed by atoms with Gasteiger partial charge in [0.25, 0.3) is 32.1 Å². The monoisotopic (exact) mass is 798 g/mol. The summed E-state index contributed by atoms with van der Waals surface area (Å²) in [4.78, 5) is 50.9. The van der Waals surface area contributed by atoms with Crippen molar-refractivity contribution in [2.45, 2.75) is 23.6 Å². The van der Waals surface area contributed by atoms with Crippen LogP contribution in [-0.4, -0.2) is 59.8 Å². The number of aromatic hydroxyl groups is 2. The number of carbonyl (C=O) groups is 4. The highest BCUT2D eigenvalue weighted by Crippen LogP contribution is 2.36. The minimum atomic E-state index is -4.54. The number of phenolic OH excluding ortho intramolecular Hbond substituents is 2. The molecule has 0 fully saturated rings. The molecule has 0 aliphatic heterocycles. The van der Waals surface area contributed by atoms with Crippen molar-refractivity contribution < 1.29 is 55.3 Å². The van der Waals surface area contributed by atoms with Crippen molar-refractivity contribution >= 4 is 88.2 Å². The Morgan fingerprint density at radius 1 is 0.464 bits per heavy atom. The molecule has 0 unspecified atom stereocenters. The third-order valence-corrected chi connectivity index (χ3v) is 10.4. The first-order chi connectivity index (χ1) is 26.3. The number of carbonyl (C=O) groups excluding carboxylic acids is 4. The maximum Gasteiger partial charge on any atom is 0.314 e. The Balaban J connectivity index is 1.09. The lowest BCUT2D eigenvalue weighted by atomic mass is 10.1. The third kappa shape index (κ3) is 8.12. The standard InChI is InChI=1S/C38H30N4O12S2/c1-19-15-23(35(45)41-31-13-5-21-3-9-25(55(49,50)51)17-27(21)33(31)43)7-11-29(19)39-37(47)38(48)40-30-12-8-24(16-20(30)2)36(46)42-32-14-6-22-4-10-26(56(52,53)54)18-28(22)34(32)44/h3-18,43-44H,1-2H3,(H,39,47)(H,40,48)(H,41,45)(H,42,46)(H,49,50,51)(H,52,53,54). The van der Waals surface area contributed by atoms with Gasteiger partial charge in [0.05, 0.1) is 21.2 Å². The minimum Gasteiger partial charge on any atom is -0.505 e. The number of aryl methyl sites for hydroxylation is 2. The molecule has 0 atom stereocenters. The molecule has 8 N–H and O–H groups in total. The molecule has 6 aromatic rings. The van der Waals surface area contributed by atoms with Crippen LogP contribution in [0.3, 0.4) is 0 Å². The summed E-state index contributed by atoms with van der Waals surface area (Å²) >= 11 is 0. The number of phenols is 2. The van der Waals surface area contributed by atoms with Gasteiger partial charge in [-0.05, 0) is 109 Å². The lowest BCUT2D eigenvalue weighted by molar-refractivity contribution is -0.133. The Morgan fingerprint density at radius 2 is 0.804 bits per heavy atom. The predicted octanol–water partition coefficient (Wildman–Crippen LogP) is 5.60. The summed E-state index contributed by atoms with van der Waals surface area (Å²) in [5.74, 6) is -4.24. The fourth-order valence-corrected chi connectivity index (χ4v) is 6.74. The van der Waals surface area contributed by atoms with Crippen molar-refractivity contribution in [1.82, 2.24) is 0 Å². The van der Waals surface area contributed by atoms with Gasteiger partial charge in [-0.2, -0.15) is 16.8 Å². The van der Waals surface area contributed by atoms with Gasteiger partial charge in [0.1, 0.15) is 11.5 Å². The van der Waals surface area contributed by atoms with E-state index in [1.165, 1.54) is 84.9 Å². The van der Waals surface area contributed by atoms with Crippen LogP contribution in [0.5, 0.6) is 11.5 Å². The zero-order valence-electron chi connectivity index (χ0n) is 29.1. The Labute approximate surface area is 318 Å². The fraction of sp³-hybridized carbons (Fsp3) is 0.0526. The van der Waals surface area contributed by atoms with Crippen LogP contribution in [0.4, 0.5) is 22.7 Å². The Bertz CT molecular complexity index is 2700. The van der Waals surface area contributed by atoms with Gasteiger partial charge in [-0.1, -0.05) is 24.3 Å². The van der Waals surface area contributed by atoms with Crippen molar-refractivity contribution in [3.63, 3.8) is 0 Å². The molecule has 0 aliphatic carbocycles. The van der Waals surface area contributed by atoms with Crippen LogP contribution in [0.2, 0.25) is 0 Å². The van der Waals surface area contributed by atoms with Crippen molar-refractivity contribution in [2.75, 3.05) is 21.3 Å². The second-order valence-electron chi connectivity index (χ2n) is 12.5. The van der Waals surface area contributed by atoms with E-state index in [-0.39, 0.29) is 44.6 Å². The second kappa shape index (κ2) is 14.8. The third-order valence-electron chi connectivity index (χ3n) is 8.70. The molecule has 18 heteroatoms. The van der Waals surface area contributed by atoms with Gasteiger partial charge in [0, 0.05) is 33.3 Å². The number of anilines is 4. The van der Waals surface area contributed by atoms with Crippen LogP contribution < -0.4 is 21.3 Å². The topological polar surface area (TPSA) is 266 Å². The average molecular weight is 799 g/mol. The smallest absolute Gasteiger partial charge is 0.314 e. The second-order valence-corrected chi connectivity index (χ2v) is 15.4. The van der Waals surface area contributed by atoms with Crippen molar-refractivity contribution in [1.29, 1.82) is 0 Å². The van der Waals surface area contributed by atoms with Gasteiger partial charge in [0.2, 0.25) is 0 Å². The van der Waals surface area contributed by atoms with E-state index in [0.29, 0.717) is 21.9 Å². The summed E-state index contributed by atoms with van der Waals surface area (Å²) in [5.41, 5.74) is 1.41. The SMILES string of the molecule is Cc1cc(C(=O)Nc2ccc3ccc(S(=O)(=O)O)cc3c2O)ccc1NC(=O)C(=O)Nc1ccc(C(=O)Nc2ccc3ccc(S(=O)(=O)O)cc3c2O)cc1C. The fourth-order valence-electron chi connectivity index (χ4n) is 5.73. The Morgan fingerprint density at radius 3 is 1.14 bits per heavy atom. The maximum atomic E-state index is 13.0. The first-order valence-electron chi connectivity index (χ1n) is 16.2. The summed E-state index contributed by atoms with van der Waals surface area (Å²) in [6.45, 7) is 3.16. The highest BCUT2D eigenvalue weighted by Gasteiger charge is 2.20. The zero-order chi connectivity index (χ0) is 40.7. The van der Waals surface area contributed by atoms with Crippen LogP contribution in [0.1, 0.15) is 31.8 Å². The quantitative estimate of drug-likeness (QED) is 0.0532. The van der Waals surface area contributed by atoms with E-state index in [4.69, 9.17) is 0 Å². The number of benzene rings is 6. The molecule has 6 aromatic carbocycles. The summed E-state index contributed by atoms with van der Waals surface area (Å²) in [6, 6.07) is 21.5. The van der Waals surface area contributed by atoms with E-state index in [2.05, 4.69) is 21.3 Å². The molecule has 0 aromatic heterocycles. The number of nitrogens with one attached hydrogen (secondary N) is 4. The summed E-state index contributed by atoms with van der Waals surface area (Å²) in [7, 11) is -9.09. The van der Waals surface area contributed by atoms with E-state index >= 15 is 0 Å². The number of rotatable bonds is 8. The van der Waals surface area contributed by atoms with Crippen LogP contribution in [-0.2, 0) is 29.8 Å². The first-order valence-corrected chi connectivity index (χ1v) is 19.1. The summed E-state index contributed by atoms with van der Waals surface area (Å²) < 4.78 is 64.9. The highest BCUT2D eigenvalue weighted by atomic mass is 32.2. The first kappa shape index (κ1) is 38.9. The van der Waals surface area contributed by atoms with Gasteiger partial charge >= 0.3 is 11.8 Å². The molecule has 286 valence electrons. The van der Waals surface area contributed by atoms with Crippen molar-refractivity contribution in [3.8, 4) is 11.5 Å². The normalized spacial score (nSPS) is 11.6. The van der Waals surface area contributed by atoms with E-state index in [9.17, 15) is 55.3 Å². The average Bonchev–Trinajstić information content (AvgIpc) is 3.14. The lowest BCUT2D eigenvalue weighted by Gasteiger charge is -2.14. The summed E-state index contributed by atoms with van der Waals surface area (Å²) in [6.07, 6.45) is 0. The van der Waals surface area contributed by atoms with E-state index in [0.717, 1.165) is 12.1 Å². The molecule has 4 amide bonds. The van der Waals surface area contributed by atoms with Gasteiger partial charge in [-0.15, -0.1) is 0 Å².